The highest BCUT2D eigenvalue weighted by atomic mass is 79.9. The SMILES string of the molecule is N[C@](Br)(Cc1c[nH]c2ccccc12)C(=O)O. The number of carbonyl (C=O) groups is 1. The molecule has 0 aliphatic heterocycles. The molecule has 0 aliphatic rings. The zero-order valence-electron chi connectivity index (χ0n) is 8.40. The van der Waals surface area contributed by atoms with E-state index in [9.17, 15) is 4.79 Å². The van der Waals surface area contributed by atoms with E-state index in [0.29, 0.717) is 0 Å². The molecule has 2 rings (SSSR count). The number of benzene rings is 1. The molecule has 84 valence electrons. The lowest BCUT2D eigenvalue weighted by Crippen LogP contribution is -2.43. The second-order valence-corrected chi connectivity index (χ2v) is 5.12. The smallest absolute Gasteiger partial charge is 0.335 e. The van der Waals surface area contributed by atoms with Crippen molar-refractivity contribution in [2.45, 2.75) is 10.9 Å². The highest BCUT2D eigenvalue weighted by Crippen LogP contribution is 2.24. The van der Waals surface area contributed by atoms with Gasteiger partial charge in [-0.1, -0.05) is 34.1 Å². The number of carboxylic acid groups (broad SMARTS) is 1. The van der Waals surface area contributed by atoms with Crippen LogP contribution in [0.15, 0.2) is 30.5 Å². The summed E-state index contributed by atoms with van der Waals surface area (Å²) in [6.07, 6.45) is 2.02. The van der Waals surface area contributed by atoms with E-state index in [1.807, 2.05) is 24.3 Å². The van der Waals surface area contributed by atoms with E-state index < -0.39 is 10.4 Å². The first-order valence-electron chi connectivity index (χ1n) is 4.77. The second-order valence-electron chi connectivity index (χ2n) is 3.70. The number of halogens is 1. The molecule has 0 spiro atoms. The van der Waals surface area contributed by atoms with E-state index in [4.69, 9.17) is 10.8 Å². The third kappa shape index (κ3) is 1.96. The van der Waals surface area contributed by atoms with Crippen molar-refractivity contribution in [2.75, 3.05) is 0 Å². The van der Waals surface area contributed by atoms with Crippen LogP contribution in [0, 0.1) is 0 Å². The average Bonchev–Trinajstić information content (AvgIpc) is 2.61. The van der Waals surface area contributed by atoms with Gasteiger partial charge in [0.25, 0.3) is 0 Å². The number of para-hydroxylation sites is 1. The number of hydrogen-bond acceptors (Lipinski definition) is 2. The van der Waals surface area contributed by atoms with Gasteiger partial charge in [-0.2, -0.15) is 0 Å². The molecule has 0 unspecified atom stereocenters. The number of aromatic amines is 1. The Kier molecular flexibility index (Phi) is 2.73. The summed E-state index contributed by atoms with van der Waals surface area (Å²) in [5, 5.41) is 9.93. The minimum Gasteiger partial charge on any atom is -0.479 e. The van der Waals surface area contributed by atoms with Gasteiger partial charge in [0.1, 0.15) is 0 Å². The van der Waals surface area contributed by atoms with E-state index in [2.05, 4.69) is 20.9 Å². The van der Waals surface area contributed by atoms with Gasteiger partial charge in [-0.25, -0.2) is 4.79 Å². The van der Waals surface area contributed by atoms with Crippen molar-refractivity contribution in [1.29, 1.82) is 0 Å². The van der Waals surface area contributed by atoms with Gasteiger partial charge in [0.05, 0.1) is 0 Å². The van der Waals surface area contributed by atoms with E-state index in [1.54, 1.807) is 6.20 Å². The van der Waals surface area contributed by atoms with E-state index in [0.717, 1.165) is 16.5 Å². The number of aliphatic carboxylic acids is 1. The molecule has 0 saturated carbocycles. The van der Waals surface area contributed by atoms with Crippen LogP contribution in [0.5, 0.6) is 0 Å². The summed E-state index contributed by atoms with van der Waals surface area (Å²) in [5.74, 6) is -1.07. The minimum absolute atomic E-state index is 0.229. The Morgan fingerprint density at radius 2 is 2.19 bits per heavy atom. The molecule has 4 nitrogen and oxygen atoms in total. The predicted octanol–water partition coefficient (Wildman–Crippen LogP) is 1.84. The number of hydrogen-bond donors (Lipinski definition) is 3. The fraction of sp³-hybridized carbons (Fsp3) is 0.182. The Morgan fingerprint density at radius 1 is 1.50 bits per heavy atom. The third-order valence-electron chi connectivity index (χ3n) is 2.48. The standard InChI is InChI=1S/C11H11BrN2O2/c12-11(13,10(15)16)5-7-6-14-9-4-2-1-3-8(7)9/h1-4,6,14H,5,13H2,(H,15,16)/t11-/m1/s1. The molecule has 0 amide bonds. The van der Waals surface area contributed by atoms with Crippen LogP contribution in [0.1, 0.15) is 5.56 Å². The van der Waals surface area contributed by atoms with Crippen molar-refractivity contribution in [2.24, 2.45) is 5.73 Å². The Labute approximate surface area is 101 Å². The van der Waals surface area contributed by atoms with Gasteiger partial charge in [-0.3, -0.25) is 0 Å². The third-order valence-corrected chi connectivity index (χ3v) is 3.10. The fourth-order valence-corrected chi connectivity index (χ4v) is 1.93. The first-order chi connectivity index (χ1) is 7.50. The highest BCUT2D eigenvalue weighted by molar-refractivity contribution is 9.10. The summed E-state index contributed by atoms with van der Waals surface area (Å²) in [7, 11) is 0. The maximum Gasteiger partial charge on any atom is 0.335 e. The van der Waals surface area contributed by atoms with Crippen molar-refractivity contribution in [3.8, 4) is 0 Å². The van der Waals surface area contributed by atoms with E-state index in [-0.39, 0.29) is 6.42 Å². The largest absolute Gasteiger partial charge is 0.479 e. The summed E-state index contributed by atoms with van der Waals surface area (Å²) in [6.45, 7) is 0. The lowest BCUT2D eigenvalue weighted by atomic mass is 10.1. The topological polar surface area (TPSA) is 79.1 Å². The second kappa shape index (κ2) is 3.92. The molecule has 1 aromatic carbocycles. The zero-order chi connectivity index (χ0) is 11.8. The highest BCUT2D eigenvalue weighted by Gasteiger charge is 2.31. The van der Waals surface area contributed by atoms with Crippen LogP contribution in [0.4, 0.5) is 0 Å². The van der Waals surface area contributed by atoms with Crippen LogP contribution in [-0.2, 0) is 11.2 Å². The summed E-state index contributed by atoms with van der Waals surface area (Å²) in [6, 6.07) is 7.70. The molecule has 1 atom stereocenters. The number of aromatic nitrogens is 1. The summed E-state index contributed by atoms with van der Waals surface area (Å²) in [5.41, 5.74) is 7.51. The molecule has 0 bridgehead atoms. The summed E-state index contributed by atoms with van der Waals surface area (Å²) >= 11 is 3.02. The van der Waals surface area contributed by atoms with Gasteiger partial charge >= 0.3 is 5.97 Å². The van der Waals surface area contributed by atoms with Crippen molar-refractivity contribution >= 4 is 32.8 Å². The van der Waals surface area contributed by atoms with Gasteiger partial charge in [-0.15, -0.1) is 0 Å². The molecule has 1 aromatic heterocycles. The number of alkyl halides is 1. The van der Waals surface area contributed by atoms with Crippen LogP contribution in [0.25, 0.3) is 10.9 Å². The Bertz CT molecular complexity index is 534. The van der Waals surface area contributed by atoms with Gasteiger partial charge in [0.2, 0.25) is 0 Å². The molecule has 4 N–H and O–H groups in total. The van der Waals surface area contributed by atoms with Gasteiger partial charge < -0.3 is 15.8 Å². The number of nitrogens with two attached hydrogens (primary N) is 1. The first kappa shape index (κ1) is 11.2. The predicted molar refractivity (Wildman–Crippen MR) is 65.5 cm³/mol. The van der Waals surface area contributed by atoms with Crippen LogP contribution >= 0.6 is 15.9 Å². The fourth-order valence-electron chi connectivity index (χ4n) is 1.63. The summed E-state index contributed by atoms with van der Waals surface area (Å²) < 4.78 is -1.42. The number of H-pyrrole nitrogens is 1. The maximum atomic E-state index is 10.9. The molecule has 0 fully saturated rings. The van der Waals surface area contributed by atoms with E-state index >= 15 is 0 Å². The number of nitrogens with one attached hydrogen (secondary N) is 1. The summed E-state index contributed by atoms with van der Waals surface area (Å²) in [4.78, 5) is 14.0. The monoisotopic (exact) mass is 282 g/mol. The van der Waals surface area contributed by atoms with Crippen LogP contribution in [-0.4, -0.2) is 20.5 Å². The molecule has 0 radical (unpaired) electrons. The maximum absolute atomic E-state index is 10.9. The van der Waals surface area contributed by atoms with Crippen molar-refractivity contribution in [1.82, 2.24) is 4.98 Å². The Balaban J connectivity index is 2.38. The van der Waals surface area contributed by atoms with Crippen LogP contribution in [0.3, 0.4) is 0 Å². The van der Waals surface area contributed by atoms with Crippen LogP contribution in [0.2, 0.25) is 0 Å². The average molecular weight is 283 g/mol. The van der Waals surface area contributed by atoms with Gasteiger partial charge in [0, 0.05) is 23.5 Å². The molecule has 16 heavy (non-hydrogen) atoms. The number of rotatable bonds is 3. The molecule has 0 saturated heterocycles. The van der Waals surface area contributed by atoms with E-state index in [1.165, 1.54) is 0 Å². The Hall–Kier alpha value is -1.33. The van der Waals surface area contributed by atoms with Crippen LogP contribution < -0.4 is 5.73 Å². The van der Waals surface area contributed by atoms with Gasteiger partial charge in [-0.05, 0) is 11.6 Å². The molecule has 5 heteroatoms. The first-order valence-corrected chi connectivity index (χ1v) is 5.56. The Morgan fingerprint density at radius 3 is 2.88 bits per heavy atom. The van der Waals surface area contributed by atoms with Crippen molar-refractivity contribution in [3.05, 3.63) is 36.0 Å². The molecular weight excluding hydrogens is 272 g/mol. The molecule has 1 heterocycles. The normalized spacial score (nSPS) is 14.9. The van der Waals surface area contributed by atoms with Crippen molar-refractivity contribution in [3.63, 3.8) is 0 Å². The zero-order valence-corrected chi connectivity index (χ0v) is 9.99. The molecular formula is C11H11BrN2O2. The number of fused-ring (bicyclic) bond motifs is 1. The molecule has 2 aromatic rings. The molecule has 0 aliphatic carbocycles. The quantitative estimate of drug-likeness (QED) is 0.594. The minimum atomic E-state index is -1.42. The number of carboxylic acids is 1. The lowest BCUT2D eigenvalue weighted by Gasteiger charge is -2.16. The van der Waals surface area contributed by atoms with Crippen molar-refractivity contribution < 1.29 is 9.90 Å². The lowest BCUT2D eigenvalue weighted by molar-refractivity contribution is -0.139. The van der Waals surface area contributed by atoms with Gasteiger partial charge in [0.15, 0.2) is 4.45 Å².